The first kappa shape index (κ1) is 12.6. The Bertz CT molecular complexity index is 430. The van der Waals surface area contributed by atoms with Crippen molar-refractivity contribution in [1.29, 1.82) is 0 Å². The predicted octanol–water partition coefficient (Wildman–Crippen LogP) is 3.46. The molecule has 1 fully saturated rings. The van der Waals surface area contributed by atoms with Crippen LogP contribution in [0, 0.1) is 5.82 Å². The lowest BCUT2D eigenvalue weighted by atomic mass is 10.1. The van der Waals surface area contributed by atoms with E-state index in [0.717, 1.165) is 18.7 Å². The molecule has 0 aliphatic carbocycles. The van der Waals surface area contributed by atoms with Gasteiger partial charge in [-0.05, 0) is 34.5 Å². The zero-order valence-corrected chi connectivity index (χ0v) is 11.3. The number of rotatable bonds is 3. The van der Waals surface area contributed by atoms with Crippen LogP contribution in [0.25, 0.3) is 6.08 Å². The molecule has 0 aromatic heterocycles. The molecule has 0 saturated carbocycles. The minimum atomic E-state index is -0.261. The summed E-state index contributed by atoms with van der Waals surface area (Å²) in [5.74, 6) is -0.261. The molecule has 0 radical (unpaired) electrons. The van der Waals surface area contributed by atoms with Gasteiger partial charge in [0.15, 0.2) is 0 Å². The third-order valence-electron chi connectivity index (χ3n) is 3.15. The van der Waals surface area contributed by atoms with Gasteiger partial charge in [-0.2, -0.15) is 0 Å². The van der Waals surface area contributed by atoms with E-state index in [2.05, 4.69) is 27.4 Å². The molecule has 1 saturated heterocycles. The Morgan fingerprint density at radius 3 is 2.94 bits per heavy atom. The summed E-state index contributed by atoms with van der Waals surface area (Å²) in [6, 6.07) is 3.95. The van der Waals surface area contributed by atoms with Crippen LogP contribution in [0.15, 0.2) is 23.2 Å². The van der Waals surface area contributed by atoms with Crippen molar-refractivity contribution in [3.8, 4) is 0 Å². The van der Waals surface area contributed by atoms with Gasteiger partial charge in [0.1, 0.15) is 5.82 Å². The highest BCUT2D eigenvalue weighted by Crippen LogP contribution is 2.31. The van der Waals surface area contributed by atoms with Crippen LogP contribution in [-0.2, 0) is 4.74 Å². The average molecular weight is 300 g/mol. The molecule has 0 N–H and O–H groups in total. The van der Waals surface area contributed by atoms with Crippen molar-refractivity contribution < 1.29 is 9.13 Å². The highest BCUT2D eigenvalue weighted by Gasteiger charge is 2.23. The third-order valence-corrected chi connectivity index (χ3v) is 3.76. The van der Waals surface area contributed by atoms with E-state index in [1.165, 1.54) is 0 Å². The second-order valence-corrected chi connectivity index (χ2v) is 4.98. The Morgan fingerprint density at radius 2 is 2.35 bits per heavy atom. The molecule has 1 aliphatic heterocycles. The van der Waals surface area contributed by atoms with Gasteiger partial charge in [-0.25, -0.2) is 4.39 Å². The lowest BCUT2D eigenvalue weighted by molar-refractivity contribution is 0.193. The molecular formula is C13H15BrFNO. The zero-order chi connectivity index (χ0) is 12.4. The molecule has 0 spiro atoms. The van der Waals surface area contributed by atoms with Crippen LogP contribution >= 0.6 is 15.9 Å². The number of benzene rings is 1. The maximum Gasteiger partial charge on any atom is 0.146 e. The normalized spacial score (nSPS) is 19.4. The summed E-state index contributed by atoms with van der Waals surface area (Å²) in [5, 5.41) is 0. The van der Waals surface area contributed by atoms with Crippen LogP contribution in [-0.4, -0.2) is 26.3 Å². The van der Waals surface area contributed by atoms with Gasteiger partial charge in [-0.15, -0.1) is 0 Å². The first-order chi connectivity index (χ1) is 8.15. The van der Waals surface area contributed by atoms with Gasteiger partial charge in [0.2, 0.25) is 0 Å². The zero-order valence-electron chi connectivity index (χ0n) is 9.75. The number of ether oxygens (including phenoxy) is 1. The van der Waals surface area contributed by atoms with Crippen molar-refractivity contribution in [3.63, 3.8) is 0 Å². The molecule has 17 heavy (non-hydrogen) atoms. The van der Waals surface area contributed by atoms with Crippen molar-refractivity contribution in [2.45, 2.75) is 12.5 Å². The smallest absolute Gasteiger partial charge is 0.146 e. The Labute approximate surface area is 109 Å². The standard InChI is InChI=1S/C13H15BrFNO/c1-3-10-12(5-4-11(14)13(10)15)16(2)9-6-7-17-8-9/h3-5,9H,1,6-8H2,2H3. The van der Waals surface area contributed by atoms with Crippen LogP contribution in [0.1, 0.15) is 12.0 Å². The maximum atomic E-state index is 13.9. The van der Waals surface area contributed by atoms with Crippen LogP contribution in [0.5, 0.6) is 0 Å². The molecule has 1 atom stereocenters. The van der Waals surface area contributed by atoms with E-state index < -0.39 is 0 Å². The highest BCUT2D eigenvalue weighted by atomic mass is 79.9. The molecule has 0 amide bonds. The van der Waals surface area contributed by atoms with E-state index in [1.807, 2.05) is 13.1 Å². The van der Waals surface area contributed by atoms with Gasteiger partial charge in [0.05, 0.1) is 17.1 Å². The summed E-state index contributed by atoms with van der Waals surface area (Å²) in [5.41, 5.74) is 1.39. The van der Waals surface area contributed by atoms with E-state index in [4.69, 9.17) is 4.74 Å². The number of nitrogens with zero attached hydrogens (tertiary/aromatic N) is 1. The molecule has 2 rings (SSSR count). The second kappa shape index (κ2) is 5.19. The van der Waals surface area contributed by atoms with Gasteiger partial charge in [0.25, 0.3) is 0 Å². The van der Waals surface area contributed by atoms with Gasteiger partial charge < -0.3 is 9.64 Å². The lowest BCUT2D eigenvalue weighted by Gasteiger charge is -2.27. The summed E-state index contributed by atoms with van der Waals surface area (Å²) in [6.45, 7) is 5.16. The topological polar surface area (TPSA) is 12.5 Å². The molecule has 0 bridgehead atoms. The Kier molecular flexibility index (Phi) is 3.84. The first-order valence-corrected chi connectivity index (χ1v) is 6.35. The fraction of sp³-hybridized carbons (Fsp3) is 0.385. The van der Waals surface area contributed by atoms with Crippen LogP contribution in [0.4, 0.5) is 10.1 Å². The van der Waals surface area contributed by atoms with Gasteiger partial charge in [0, 0.05) is 24.9 Å². The number of hydrogen-bond donors (Lipinski definition) is 0. The fourth-order valence-electron chi connectivity index (χ4n) is 2.08. The Morgan fingerprint density at radius 1 is 1.59 bits per heavy atom. The van der Waals surface area contributed by atoms with Crippen molar-refractivity contribution in [2.75, 3.05) is 25.2 Å². The van der Waals surface area contributed by atoms with E-state index in [9.17, 15) is 4.39 Å². The van der Waals surface area contributed by atoms with E-state index in [-0.39, 0.29) is 5.82 Å². The first-order valence-electron chi connectivity index (χ1n) is 5.56. The molecule has 4 heteroatoms. The summed E-state index contributed by atoms with van der Waals surface area (Å²) in [7, 11) is 1.97. The Hall–Kier alpha value is -0.870. The van der Waals surface area contributed by atoms with E-state index in [1.54, 1.807) is 12.1 Å². The highest BCUT2D eigenvalue weighted by molar-refractivity contribution is 9.10. The summed E-state index contributed by atoms with van der Waals surface area (Å²) in [6.07, 6.45) is 2.53. The van der Waals surface area contributed by atoms with Gasteiger partial charge >= 0.3 is 0 Å². The van der Waals surface area contributed by atoms with Crippen molar-refractivity contribution in [1.82, 2.24) is 0 Å². The third kappa shape index (κ3) is 2.38. The molecule has 1 heterocycles. The van der Waals surface area contributed by atoms with Gasteiger partial charge in [-0.1, -0.05) is 12.7 Å². The minimum Gasteiger partial charge on any atom is -0.379 e. The van der Waals surface area contributed by atoms with Crippen LogP contribution < -0.4 is 4.90 Å². The molecule has 2 nitrogen and oxygen atoms in total. The molecule has 1 aromatic rings. The molecule has 1 aromatic carbocycles. The predicted molar refractivity (Wildman–Crippen MR) is 71.8 cm³/mol. The molecule has 1 unspecified atom stereocenters. The number of halogens is 2. The molecular weight excluding hydrogens is 285 g/mol. The number of hydrogen-bond acceptors (Lipinski definition) is 2. The van der Waals surface area contributed by atoms with Crippen molar-refractivity contribution >= 4 is 27.7 Å². The lowest BCUT2D eigenvalue weighted by Crippen LogP contribution is -2.32. The summed E-state index contributed by atoms with van der Waals surface area (Å²) in [4.78, 5) is 2.07. The quantitative estimate of drug-likeness (QED) is 0.847. The number of anilines is 1. The fourth-order valence-corrected chi connectivity index (χ4v) is 2.43. The Balaban J connectivity index is 2.37. The average Bonchev–Trinajstić information content (AvgIpc) is 2.85. The monoisotopic (exact) mass is 299 g/mol. The van der Waals surface area contributed by atoms with E-state index >= 15 is 0 Å². The largest absolute Gasteiger partial charge is 0.379 e. The van der Waals surface area contributed by atoms with Crippen LogP contribution in [0.2, 0.25) is 0 Å². The number of likely N-dealkylation sites (N-methyl/N-ethyl adjacent to an activating group) is 1. The van der Waals surface area contributed by atoms with Crippen LogP contribution in [0.3, 0.4) is 0 Å². The molecule has 1 aliphatic rings. The summed E-state index contributed by atoms with van der Waals surface area (Å²) >= 11 is 3.19. The van der Waals surface area contributed by atoms with Crippen molar-refractivity contribution in [2.24, 2.45) is 0 Å². The van der Waals surface area contributed by atoms with E-state index in [0.29, 0.717) is 22.7 Å². The minimum absolute atomic E-state index is 0.261. The maximum absolute atomic E-state index is 13.9. The second-order valence-electron chi connectivity index (χ2n) is 4.13. The SMILES string of the molecule is C=Cc1c(N(C)C2CCOC2)ccc(Br)c1F. The summed E-state index contributed by atoms with van der Waals surface area (Å²) < 4.78 is 19.8. The molecule has 92 valence electrons. The van der Waals surface area contributed by atoms with Crippen molar-refractivity contribution in [3.05, 3.63) is 34.6 Å². The van der Waals surface area contributed by atoms with Gasteiger partial charge in [-0.3, -0.25) is 0 Å².